The molecule has 0 bridgehead atoms. The SMILES string of the molecule is Fc1ccc(-c2nc3nn(CC4CCCN4)cc3c(-c3ccc(F)cc3)c2-c2ccncc2)cc1. The first-order valence-corrected chi connectivity index (χ1v) is 11.7. The number of rotatable bonds is 5. The van der Waals surface area contributed by atoms with Crippen LogP contribution in [0.1, 0.15) is 12.8 Å². The van der Waals surface area contributed by atoms with Gasteiger partial charge in [-0.05, 0) is 79.0 Å². The van der Waals surface area contributed by atoms with Gasteiger partial charge in [0.15, 0.2) is 5.65 Å². The van der Waals surface area contributed by atoms with E-state index in [9.17, 15) is 8.78 Å². The highest BCUT2D eigenvalue weighted by Gasteiger charge is 2.23. The van der Waals surface area contributed by atoms with E-state index in [0.717, 1.165) is 59.1 Å². The van der Waals surface area contributed by atoms with Crippen molar-refractivity contribution >= 4 is 11.0 Å². The Bertz CT molecular complexity index is 1470. The van der Waals surface area contributed by atoms with Gasteiger partial charge in [0, 0.05) is 46.7 Å². The molecule has 0 radical (unpaired) electrons. The largest absolute Gasteiger partial charge is 0.312 e. The van der Waals surface area contributed by atoms with Crippen molar-refractivity contribution in [3.63, 3.8) is 0 Å². The zero-order chi connectivity index (χ0) is 23.8. The molecular weight excluding hydrogens is 444 g/mol. The van der Waals surface area contributed by atoms with Gasteiger partial charge in [-0.3, -0.25) is 9.67 Å². The number of hydrogen-bond donors (Lipinski definition) is 1. The number of nitrogens with one attached hydrogen (secondary N) is 1. The van der Waals surface area contributed by atoms with Crippen molar-refractivity contribution in [3.8, 4) is 33.5 Å². The molecule has 7 heteroatoms. The minimum atomic E-state index is -0.313. The van der Waals surface area contributed by atoms with E-state index in [-0.39, 0.29) is 11.6 Å². The van der Waals surface area contributed by atoms with Crippen LogP contribution < -0.4 is 5.32 Å². The quantitative estimate of drug-likeness (QED) is 0.352. The summed E-state index contributed by atoms with van der Waals surface area (Å²) in [5, 5.41) is 9.22. The van der Waals surface area contributed by atoms with Gasteiger partial charge in [-0.15, -0.1) is 0 Å². The number of benzene rings is 2. The summed E-state index contributed by atoms with van der Waals surface area (Å²) >= 11 is 0. The summed E-state index contributed by atoms with van der Waals surface area (Å²) in [5.41, 5.74) is 5.61. The molecule has 35 heavy (non-hydrogen) atoms. The van der Waals surface area contributed by atoms with Gasteiger partial charge in [0.05, 0.1) is 12.2 Å². The summed E-state index contributed by atoms with van der Waals surface area (Å²) < 4.78 is 29.6. The van der Waals surface area contributed by atoms with E-state index in [0.29, 0.717) is 17.4 Å². The highest BCUT2D eigenvalue weighted by atomic mass is 19.1. The van der Waals surface area contributed by atoms with Crippen LogP contribution in [-0.4, -0.2) is 32.3 Å². The Morgan fingerprint density at radius 3 is 2.14 bits per heavy atom. The first kappa shape index (κ1) is 21.6. The summed E-state index contributed by atoms with van der Waals surface area (Å²) in [4.78, 5) is 9.16. The maximum Gasteiger partial charge on any atom is 0.182 e. The van der Waals surface area contributed by atoms with Crippen molar-refractivity contribution in [1.82, 2.24) is 25.1 Å². The van der Waals surface area contributed by atoms with Crippen molar-refractivity contribution in [2.75, 3.05) is 6.54 Å². The third kappa shape index (κ3) is 4.19. The molecule has 1 N–H and O–H groups in total. The van der Waals surface area contributed by atoms with Crippen LogP contribution in [0.2, 0.25) is 0 Å². The molecule has 5 aromatic rings. The van der Waals surface area contributed by atoms with E-state index in [4.69, 9.17) is 10.1 Å². The van der Waals surface area contributed by atoms with Crippen molar-refractivity contribution in [3.05, 3.63) is 90.9 Å². The van der Waals surface area contributed by atoms with E-state index < -0.39 is 0 Å². The Morgan fingerprint density at radius 2 is 1.49 bits per heavy atom. The lowest BCUT2D eigenvalue weighted by atomic mass is 9.90. The van der Waals surface area contributed by atoms with Crippen molar-refractivity contribution in [2.45, 2.75) is 25.4 Å². The molecule has 2 aromatic carbocycles. The molecule has 1 fully saturated rings. The molecule has 0 aliphatic carbocycles. The van der Waals surface area contributed by atoms with Crippen molar-refractivity contribution in [1.29, 1.82) is 0 Å². The van der Waals surface area contributed by atoms with Crippen molar-refractivity contribution in [2.24, 2.45) is 0 Å². The molecule has 1 aliphatic rings. The van der Waals surface area contributed by atoms with Gasteiger partial charge in [-0.1, -0.05) is 12.1 Å². The second-order valence-electron chi connectivity index (χ2n) is 8.84. The summed E-state index contributed by atoms with van der Waals surface area (Å²) in [7, 11) is 0. The van der Waals surface area contributed by atoms with Crippen LogP contribution in [-0.2, 0) is 6.54 Å². The smallest absolute Gasteiger partial charge is 0.182 e. The van der Waals surface area contributed by atoms with Crippen LogP contribution in [0.3, 0.4) is 0 Å². The predicted octanol–water partition coefficient (Wildman–Crippen LogP) is 5.86. The molecule has 4 heterocycles. The first-order valence-electron chi connectivity index (χ1n) is 11.7. The second kappa shape index (κ2) is 9.00. The Kier molecular flexibility index (Phi) is 5.54. The van der Waals surface area contributed by atoms with Gasteiger partial charge < -0.3 is 5.32 Å². The van der Waals surface area contributed by atoms with E-state index in [1.54, 1.807) is 36.7 Å². The van der Waals surface area contributed by atoms with Gasteiger partial charge in [0.1, 0.15) is 11.6 Å². The molecule has 1 aliphatic heterocycles. The minimum Gasteiger partial charge on any atom is -0.312 e. The third-order valence-corrected chi connectivity index (χ3v) is 6.51. The average Bonchev–Trinajstić information content (AvgIpc) is 3.54. The number of halogens is 2. The standard InChI is InChI=1S/C28H23F2N5/c29-21-7-3-18(4-8-21)25-24-17-35(16-23-2-1-13-32-23)34-28(24)33-27(20-5-9-22(30)10-6-20)26(25)19-11-14-31-15-12-19/h3-12,14-15,17,23,32H,1-2,13,16H2. The van der Waals surface area contributed by atoms with Gasteiger partial charge in [-0.2, -0.15) is 5.10 Å². The number of aromatic nitrogens is 4. The highest BCUT2D eigenvalue weighted by molar-refractivity contribution is 6.05. The maximum atomic E-state index is 13.9. The van der Waals surface area contributed by atoms with Crippen LogP contribution in [0.15, 0.2) is 79.3 Å². The fourth-order valence-electron chi connectivity index (χ4n) is 4.85. The fraction of sp³-hybridized carbons (Fsp3) is 0.179. The molecule has 0 amide bonds. The Morgan fingerprint density at radius 1 is 0.829 bits per heavy atom. The molecule has 1 saturated heterocycles. The average molecular weight is 468 g/mol. The Balaban J connectivity index is 1.65. The summed E-state index contributed by atoms with van der Waals surface area (Å²) in [6.45, 7) is 1.77. The van der Waals surface area contributed by atoms with E-state index in [1.165, 1.54) is 24.3 Å². The number of hydrogen-bond acceptors (Lipinski definition) is 4. The van der Waals surface area contributed by atoms with Crippen LogP contribution in [0.4, 0.5) is 8.78 Å². The Hall–Kier alpha value is -3.97. The van der Waals surface area contributed by atoms with Gasteiger partial charge >= 0.3 is 0 Å². The van der Waals surface area contributed by atoms with Crippen LogP contribution in [0.5, 0.6) is 0 Å². The van der Waals surface area contributed by atoms with Crippen LogP contribution >= 0.6 is 0 Å². The lowest BCUT2D eigenvalue weighted by molar-refractivity contribution is 0.478. The highest BCUT2D eigenvalue weighted by Crippen LogP contribution is 2.43. The third-order valence-electron chi connectivity index (χ3n) is 6.51. The summed E-state index contributed by atoms with van der Waals surface area (Å²) in [6, 6.07) is 17.0. The lowest BCUT2D eigenvalue weighted by Crippen LogP contribution is -2.26. The van der Waals surface area contributed by atoms with E-state index in [2.05, 4.69) is 10.3 Å². The molecule has 1 atom stereocenters. The second-order valence-corrected chi connectivity index (χ2v) is 8.84. The van der Waals surface area contributed by atoms with E-state index >= 15 is 0 Å². The van der Waals surface area contributed by atoms with E-state index in [1.807, 2.05) is 23.0 Å². The lowest BCUT2D eigenvalue weighted by Gasteiger charge is -2.16. The molecule has 3 aromatic heterocycles. The monoisotopic (exact) mass is 467 g/mol. The predicted molar refractivity (Wildman–Crippen MR) is 133 cm³/mol. The molecule has 6 rings (SSSR count). The van der Waals surface area contributed by atoms with Gasteiger partial charge in [0.25, 0.3) is 0 Å². The summed E-state index contributed by atoms with van der Waals surface area (Å²) in [6.07, 6.45) is 7.76. The van der Waals surface area contributed by atoms with Crippen molar-refractivity contribution < 1.29 is 8.78 Å². The van der Waals surface area contributed by atoms with Crippen LogP contribution in [0, 0.1) is 11.6 Å². The molecule has 1 unspecified atom stereocenters. The topological polar surface area (TPSA) is 55.6 Å². The number of pyridine rings is 2. The van der Waals surface area contributed by atoms with Gasteiger partial charge in [0.2, 0.25) is 0 Å². The zero-order valence-corrected chi connectivity index (χ0v) is 19.0. The fourth-order valence-corrected chi connectivity index (χ4v) is 4.85. The normalized spacial score (nSPS) is 15.7. The molecular formula is C28H23F2N5. The van der Waals surface area contributed by atoms with Crippen LogP contribution in [0.25, 0.3) is 44.5 Å². The maximum absolute atomic E-state index is 13.9. The first-order chi connectivity index (χ1) is 17.2. The molecule has 0 spiro atoms. The molecule has 0 saturated carbocycles. The molecule has 5 nitrogen and oxygen atoms in total. The Labute approximate surface area is 201 Å². The van der Waals surface area contributed by atoms with Gasteiger partial charge in [-0.25, -0.2) is 13.8 Å². The molecule has 174 valence electrons. The summed E-state index contributed by atoms with van der Waals surface area (Å²) in [5.74, 6) is -0.612. The zero-order valence-electron chi connectivity index (χ0n) is 19.0. The number of fused-ring (bicyclic) bond motifs is 1. The minimum absolute atomic E-state index is 0.300. The number of nitrogens with zero attached hydrogens (tertiary/aromatic N) is 4.